The number of ether oxygens (including phenoxy) is 1. The lowest BCUT2D eigenvalue weighted by Crippen LogP contribution is -2.37. The molecule has 1 fully saturated rings. The molecule has 3 heterocycles. The predicted octanol–water partition coefficient (Wildman–Crippen LogP) is 2.99. The van der Waals surface area contributed by atoms with Gasteiger partial charge in [0.1, 0.15) is 11.6 Å². The van der Waals surface area contributed by atoms with Crippen LogP contribution in [0.2, 0.25) is 0 Å². The summed E-state index contributed by atoms with van der Waals surface area (Å²) in [7, 11) is 0. The SMILES string of the molecule is c1ccc(-c2ccc(NCc3cccnc3N3CCOCC3)nn2)cc1. The van der Waals surface area contributed by atoms with E-state index >= 15 is 0 Å². The molecule has 1 aliphatic rings. The van der Waals surface area contributed by atoms with Crippen LogP contribution in [-0.2, 0) is 11.3 Å². The second-order valence-electron chi connectivity index (χ2n) is 6.11. The van der Waals surface area contributed by atoms with Crippen LogP contribution >= 0.6 is 0 Å². The molecule has 0 unspecified atom stereocenters. The zero-order valence-corrected chi connectivity index (χ0v) is 14.5. The van der Waals surface area contributed by atoms with Gasteiger partial charge in [-0.15, -0.1) is 10.2 Å². The molecule has 2 aromatic heterocycles. The molecule has 26 heavy (non-hydrogen) atoms. The fraction of sp³-hybridized carbons (Fsp3) is 0.250. The van der Waals surface area contributed by atoms with Crippen LogP contribution in [-0.4, -0.2) is 41.5 Å². The van der Waals surface area contributed by atoms with Gasteiger partial charge in [-0.05, 0) is 18.2 Å². The third-order valence-corrected chi connectivity index (χ3v) is 4.37. The Hall–Kier alpha value is -2.99. The lowest BCUT2D eigenvalue weighted by Gasteiger charge is -2.29. The smallest absolute Gasteiger partial charge is 0.148 e. The van der Waals surface area contributed by atoms with Gasteiger partial charge in [0.2, 0.25) is 0 Å². The summed E-state index contributed by atoms with van der Waals surface area (Å²) in [4.78, 5) is 6.83. The molecule has 1 N–H and O–H groups in total. The molecule has 1 aromatic carbocycles. The van der Waals surface area contributed by atoms with Crippen LogP contribution in [0, 0.1) is 0 Å². The number of nitrogens with zero attached hydrogens (tertiary/aromatic N) is 4. The Morgan fingerprint density at radius 3 is 2.54 bits per heavy atom. The van der Waals surface area contributed by atoms with Crippen molar-refractivity contribution in [1.82, 2.24) is 15.2 Å². The Labute approximate surface area is 152 Å². The molecule has 0 saturated carbocycles. The van der Waals surface area contributed by atoms with Gasteiger partial charge in [-0.25, -0.2) is 4.98 Å². The number of morpholine rings is 1. The minimum absolute atomic E-state index is 0.653. The topological polar surface area (TPSA) is 63.2 Å². The van der Waals surface area contributed by atoms with Crippen molar-refractivity contribution in [1.29, 1.82) is 0 Å². The first-order chi connectivity index (χ1) is 12.9. The number of benzene rings is 1. The zero-order valence-electron chi connectivity index (χ0n) is 14.5. The molecule has 132 valence electrons. The van der Waals surface area contributed by atoms with Gasteiger partial charge < -0.3 is 15.0 Å². The van der Waals surface area contributed by atoms with E-state index in [0.29, 0.717) is 6.54 Å². The van der Waals surface area contributed by atoms with Gasteiger partial charge in [-0.1, -0.05) is 36.4 Å². The molecule has 0 radical (unpaired) electrons. The van der Waals surface area contributed by atoms with Crippen molar-refractivity contribution < 1.29 is 4.74 Å². The standard InChI is InChI=1S/C20H21N5O/c1-2-5-16(6-3-1)18-8-9-19(24-23-18)22-15-17-7-4-10-21-20(17)25-11-13-26-14-12-25/h1-10H,11-15H2,(H,22,24). The molecule has 1 saturated heterocycles. The first kappa shape index (κ1) is 16.5. The maximum Gasteiger partial charge on any atom is 0.148 e. The number of anilines is 2. The van der Waals surface area contributed by atoms with E-state index in [9.17, 15) is 0 Å². The van der Waals surface area contributed by atoms with Gasteiger partial charge in [0.15, 0.2) is 0 Å². The van der Waals surface area contributed by atoms with E-state index in [1.807, 2.05) is 54.7 Å². The number of aromatic nitrogens is 3. The molecule has 6 nitrogen and oxygen atoms in total. The fourth-order valence-corrected chi connectivity index (χ4v) is 3.00. The molecular formula is C20H21N5O. The van der Waals surface area contributed by atoms with E-state index in [1.54, 1.807) is 0 Å². The van der Waals surface area contributed by atoms with Crippen molar-refractivity contribution >= 4 is 11.6 Å². The highest BCUT2D eigenvalue weighted by atomic mass is 16.5. The minimum atomic E-state index is 0.653. The van der Waals surface area contributed by atoms with E-state index < -0.39 is 0 Å². The normalized spacial score (nSPS) is 14.2. The highest BCUT2D eigenvalue weighted by molar-refractivity contribution is 5.59. The van der Waals surface area contributed by atoms with Crippen LogP contribution in [0.15, 0.2) is 60.8 Å². The molecular weight excluding hydrogens is 326 g/mol. The Morgan fingerprint density at radius 2 is 1.77 bits per heavy atom. The molecule has 0 atom stereocenters. The second kappa shape index (κ2) is 7.93. The average Bonchev–Trinajstić information content (AvgIpc) is 2.74. The van der Waals surface area contributed by atoms with Crippen LogP contribution < -0.4 is 10.2 Å². The Morgan fingerprint density at radius 1 is 0.923 bits per heavy atom. The summed E-state index contributed by atoms with van der Waals surface area (Å²) < 4.78 is 5.43. The van der Waals surface area contributed by atoms with Crippen molar-refractivity contribution in [3.8, 4) is 11.3 Å². The molecule has 4 rings (SSSR count). The lowest BCUT2D eigenvalue weighted by molar-refractivity contribution is 0.122. The molecule has 6 heteroatoms. The molecule has 0 aliphatic carbocycles. The maximum absolute atomic E-state index is 5.43. The minimum Gasteiger partial charge on any atom is -0.378 e. The molecule has 3 aromatic rings. The van der Waals surface area contributed by atoms with Gasteiger partial charge in [0, 0.05) is 37.0 Å². The molecule has 0 amide bonds. The summed E-state index contributed by atoms with van der Waals surface area (Å²) in [6.07, 6.45) is 1.84. The predicted molar refractivity (Wildman–Crippen MR) is 102 cm³/mol. The Bertz CT molecular complexity index is 832. The highest BCUT2D eigenvalue weighted by Gasteiger charge is 2.15. The molecule has 0 spiro atoms. The first-order valence-electron chi connectivity index (χ1n) is 8.80. The van der Waals surface area contributed by atoms with Crippen molar-refractivity contribution in [2.45, 2.75) is 6.54 Å². The van der Waals surface area contributed by atoms with E-state index in [1.165, 1.54) is 0 Å². The van der Waals surface area contributed by atoms with Crippen molar-refractivity contribution in [2.24, 2.45) is 0 Å². The van der Waals surface area contributed by atoms with E-state index in [4.69, 9.17) is 4.74 Å². The number of pyridine rings is 1. The largest absolute Gasteiger partial charge is 0.378 e. The van der Waals surface area contributed by atoms with Crippen LogP contribution in [0.1, 0.15) is 5.56 Å². The van der Waals surface area contributed by atoms with Crippen molar-refractivity contribution in [3.63, 3.8) is 0 Å². The van der Waals surface area contributed by atoms with Crippen LogP contribution in [0.3, 0.4) is 0 Å². The Kier molecular flexibility index (Phi) is 5.02. The van der Waals surface area contributed by atoms with Gasteiger partial charge in [0.05, 0.1) is 18.9 Å². The lowest BCUT2D eigenvalue weighted by atomic mass is 10.1. The second-order valence-corrected chi connectivity index (χ2v) is 6.11. The summed E-state index contributed by atoms with van der Waals surface area (Å²) in [5.41, 5.74) is 3.07. The third kappa shape index (κ3) is 3.81. The molecule has 1 aliphatic heterocycles. The fourth-order valence-electron chi connectivity index (χ4n) is 3.00. The van der Waals surface area contributed by atoms with Gasteiger partial charge in [0.25, 0.3) is 0 Å². The molecule has 0 bridgehead atoms. The summed E-state index contributed by atoms with van der Waals surface area (Å²) >= 11 is 0. The maximum atomic E-state index is 5.43. The van der Waals surface area contributed by atoms with Crippen molar-refractivity contribution in [2.75, 3.05) is 36.5 Å². The van der Waals surface area contributed by atoms with Crippen LogP contribution in [0.4, 0.5) is 11.6 Å². The van der Waals surface area contributed by atoms with Crippen LogP contribution in [0.25, 0.3) is 11.3 Å². The highest BCUT2D eigenvalue weighted by Crippen LogP contribution is 2.20. The van der Waals surface area contributed by atoms with Crippen LogP contribution in [0.5, 0.6) is 0 Å². The van der Waals surface area contributed by atoms with E-state index in [0.717, 1.165) is 54.8 Å². The summed E-state index contributed by atoms with van der Waals surface area (Å²) in [6.45, 7) is 3.89. The number of hydrogen-bond acceptors (Lipinski definition) is 6. The van der Waals surface area contributed by atoms with Gasteiger partial charge >= 0.3 is 0 Å². The third-order valence-electron chi connectivity index (χ3n) is 4.37. The number of hydrogen-bond donors (Lipinski definition) is 1. The van der Waals surface area contributed by atoms with Gasteiger partial charge in [-0.2, -0.15) is 0 Å². The average molecular weight is 347 g/mol. The number of nitrogens with one attached hydrogen (secondary N) is 1. The summed E-state index contributed by atoms with van der Waals surface area (Å²) in [5, 5.41) is 12.0. The van der Waals surface area contributed by atoms with Crippen molar-refractivity contribution in [3.05, 3.63) is 66.4 Å². The quantitative estimate of drug-likeness (QED) is 0.765. The van der Waals surface area contributed by atoms with E-state index in [2.05, 4.69) is 31.5 Å². The Balaban J connectivity index is 1.44. The summed E-state index contributed by atoms with van der Waals surface area (Å²) in [5.74, 6) is 1.76. The van der Waals surface area contributed by atoms with E-state index in [-0.39, 0.29) is 0 Å². The first-order valence-corrected chi connectivity index (χ1v) is 8.80. The van der Waals surface area contributed by atoms with Gasteiger partial charge in [-0.3, -0.25) is 0 Å². The summed E-state index contributed by atoms with van der Waals surface area (Å²) in [6, 6.07) is 18.0. The zero-order chi connectivity index (χ0) is 17.6. The number of rotatable bonds is 5. The monoisotopic (exact) mass is 347 g/mol.